The van der Waals surface area contributed by atoms with Crippen LogP contribution in [0.15, 0.2) is 29.6 Å². The van der Waals surface area contributed by atoms with Gasteiger partial charge in [-0.15, -0.1) is 11.3 Å². The molecule has 0 aliphatic rings. The number of carbonyl (C=O) groups is 1. The molecular formula is C12H8Cl2O3S. The van der Waals surface area contributed by atoms with E-state index in [1.807, 2.05) is 0 Å². The Morgan fingerprint density at radius 3 is 2.83 bits per heavy atom. The lowest BCUT2D eigenvalue weighted by atomic mass is 10.2. The molecule has 6 heteroatoms. The maximum absolute atomic E-state index is 10.9. The normalized spacial score (nSPS) is 10.3. The van der Waals surface area contributed by atoms with Gasteiger partial charge in [0, 0.05) is 15.6 Å². The molecule has 0 radical (unpaired) electrons. The van der Waals surface area contributed by atoms with Gasteiger partial charge in [-0.05, 0) is 29.6 Å². The van der Waals surface area contributed by atoms with Crippen LogP contribution in [0.4, 0.5) is 0 Å². The molecule has 18 heavy (non-hydrogen) atoms. The lowest BCUT2D eigenvalue weighted by molar-refractivity contribution is 0.0697. The number of thiophene rings is 1. The molecule has 0 fully saturated rings. The van der Waals surface area contributed by atoms with Gasteiger partial charge in [0.05, 0.1) is 0 Å². The number of benzene rings is 1. The lowest BCUT2D eigenvalue weighted by Gasteiger charge is -2.07. The molecule has 3 nitrogen and oxygen atoms in total. The summed E-state index contributed by atoms with van der Waals surface area (Å²) in [6.07, 6.45) is 0. The average molecular weight is 303 g/mol. The van der Waals surface area contributed by atoms with Crippen molar-refractivity contribution in [2.24, 2.45) is 0 Å². The highest BCUT2D eigenvalue weighted by molar-refractivity contribution is 7.12. The van der Waals surface area contributed by atoms with E-state index in [-0.39, 0.29) is 11.5 Å². The fraction of sp³-hybridized carbons (Fsp3) is 0.0833. The van der Waals surface area contributed by atoms with Gasteiger partial charge in [0.15, 0.2) is 4.88 Å². The molecule has 0 spiro atoms. The largest absolute Gasteiger partial charge is 0.487 e. The molecule has 0 bridgehead atoms. The first-order valence-electron chi connectivity index (χ1n) is 4.95. The highest BCUT2D eigenvalue weighted by Gasteiger charge is 2.13. The minimum Gasteiger partial charge on any atom is -0.487 e. The van der Waals surface area contributed by atoms with Crippen LogP contribution in [0.5, 0.6) is 5.75 Å². The first-order valence-corrected chi connectivity index (χ1v) is 6.59. The van der Waals surface area contributed by atoms with E-state index < -0.39 is 5.97 Å². The predicted molar refractivity (Wildman–Crippen MR) is 72.1 cm³/mol. The summed E-state index contributed by atoms with van der Waals surface area (Å²) in [4.78, 5) is 11.1. The number of carboxylic acids is 1. The molecule has 0 amide bonds. The van der Waals surface area contributed by atoms with Crippen LogP contribution in [0.25, 0.3) is 0 Å². The number of hydrogen-bond acceptors (Lipinski definition) is 3. The van der Waals surface area contributed by atoms with Crippen LogP contribution in [0, 0.1) is 0 Å². The van der Waals surface area contributed by atoms with Gasteiger partial charge in [-0.3, -0.25) is 0 Å². The smallest absolute Gasteiger partial charge is 0.349 e. The Hall–Kier alpha value is -1.23. The van der Waals surface area contributed by atoms with Crippen LogP contribution in [-0.4, -0.2) is 11.1 Å². The minimum atomic E-state index is -1.00. The fourth-order valence-electron chi connectivity index (χ4n) is 1.38. The molecule has 1 N–H and O–H groups in total. The lowest BCUT2D eigenvalue weighted by Crippen LogP contribution is -2.00. The van der Waals surface area contributed by atoms with Gasteiger partial charge in [-0.1, -0.05) is 23.2 Å². The van der Waals surface area contributed by atoms with Crippen LogP contribution in [-0.2, 0) is 6.61 Å². The third-order valence-corrected chi connectivity index (χ3v) is 3.70. The Kier molecular flexibility index (Phi) is 4.11. The molecule has 1 aromatic heterocycles. The van der Waals surface area contributed by atoms with Gasteiger partial charge in [0.2, 0.25) is 0 Å². The molecule has 1 heterocycles. The molecule has 0 aliphatic heterocycles. The zero-order valence-electron chi connectivity index (χ0n) is 9.02. The third-order valence-electron chi connectivity index (χ3n) is 2.21. The Bertz CT molecular complexity index is 580. The topological polar surface area (TPSA) is 46.5 Å². The first-order chi connectivity index (χ1) is 8.58. The summed E-state index contributed by atoms with van der Waals surface area (Å²) in [6, 6.07) is 6.66. The summed E-state index contributed by atoms with van der Waals surface area (Å²) in [7, 11) is 0. The van der Waals surface area contributed by atoms with Gasteiger partial charge in [0.25, 0.3) is 0 Å². The Balaban J connectivity index is 2.14. The van der Waals surface area contributed by atoms with E-state index in [1.165, 1.54) is 0 Å². The molecule has 1 aromatic carbocycles. The van der Waals surface area contributed by atoms with Crippen molar-refractivity contribution in [3.05, 3.63) is 50.1 Å². The fourth-order valence-corrected chi connectivity index (χ4v) is 2.41. The summed E-state index contributed by atoms with van der Waals surface area (Å²) in [5.74, 6) is -0.666. The molecule has 0 unspecified atom stereocenters. The van der Waals surface area contributed by atoms with Crippen molar-refractivity contribution in [2.45, 2.75) is 6.61 Å². The molecule has 0 saturated carbocycles. The average Bonchev–Trinajstić information content (AvgIpc) is 2.79. The van der Waals surface area contributed by atoms with Crippen molar-refractivity contribution in [3.8, 4) is 5.75 Å². The number of carboxylic acid groups (broad SMARTS) is 1. The highest BCUT2D eigenvalue weighted by atomic mass is 35.5. The second kappa shape index (κ2) is 5.61. The maximum atomic E-state index is 10.9. The molecule has 0 saturated heterocycles. The summed E-state index contributed by atoms with van der Waals surface area (Å²) in [6.45, 7) is 0.177. The number of ether oxygens (including phenoxy) is 1. The number of aromatic carboxylic acids is 1. The number of halogens is 2. The SMILES string of the molecule is O=C(O)c1sccc1OCc1cc(Cl)ccc1Cl. The molecule has 0 atom stereocenters. The van der Waals surface area contributed by atoms with E-state index in [2.05, 4.69) is 0 Å². The maximum Gasteiger partial charge on any atom is 0.349 e. The van der Waals surface area contributed by atoms with E-state index in [4.69, 9.17) is 33.0 Å². The predicted octanol–water partition coefficient (Wildman–Crippen LogP) is 4.33. The summed E-state index contributed by atoms with van der Waals surface area (Å²) < 4.78 is 5.45. The van der Waals surface area contributed by atoms with Crippen LogP contribution >= 0.6 is 34.5 Å². The molecular weight excluding hydrogens is 295 g/mol. The standard InChI is InChI=1S/C12H8Cl2O3S/c13-8-1-2-9(14)7(5-8)6-17-10-3-4-18-11(10)12(15)16/h1-5H,6H2,(H,15,16). The second-order valence-electron chi connectivity index (χ2n) is 3.44. The molecule has 2 aromatic rings. The van der Waals surface area contributed by atoms with Crippen molar-refractivity contribution >= 4 is 40.5 Å². The van der Waals surface area contributed by atoms with Crippen molar-refractivity contribution in [1.29, 1.82) is 0 Å². The number of rotatable bonds is 4. The highest BCUT2D eigenvalue weighted by Crippen LogP contribution is 2.27. The van der Waals surface area contributed by atoms with E-state index >= 15 is 0 Å². The van der Waals surface area contributed by atoms with Crippen molar-refractivity contribution < 1.29 is 14.6 Å². The van der Waals surface area contributed by atoms with E-state index in [1.54, 1.807) is 29.6 Å². The van der Waals surface area contributed by atoms with Crippen molar-refractivity contribution in [3.63, 3.8) is 0 Å². The van der Waals surface area contributed by atoms with Gasteiger partial charge in [0.1, 0.15) is 12.4 Å². The van der Waals surface area contributed by atoms with Crippen LogP contribution in [0.1, 0.15) is 15.2 Å². The Morgan fingerprint density at radius 2 is 2.11 bits per heavy atom. The second-order valence-corrected chi connectivity index (χ2v) is 5.20. The third kappa shape index (κ3) is 2.96. The summed E-state index contributed by atoms with van der Waals surface area (Å²) >= 11 is 13.0. The van der Waals surface area contributed by atoms with Gasteiger partial charge in [-0.2, -0.15) is 0 Å². The van der Waals surface area contributed by atoms with Crippen LogP contribution in [0.2, 0.25) is 10.0 Å². The minimum absolute atomic E-state index is 0.174. The van der Waals surface area contributed by atoms with Crippen LogP contribution < -0.4 is 4.74 Å². The van der Waals surface area contributed by atoms with Crippen molar-refractivity contribution in [2.75, 3.05) is 0 Å². The quantitative estimate of drug-likeness (QED) is 0.914. The van der Waals surface area contributed by atoms with Crippen molar-refractivity contribution in [1.82, 2.24) is 0 Å². The van der Waals surface area contributed by atoms with Gasteiger partial charge in [-0.25, -0.2) is 4.79 Å². The van der Waals surface area contributed by atoms with Gasteiger partial charge >= 0.3 is 5.97 Å². The Labute approximate surface area is 118 Å². The monoisotopic (exact) mass is 302 g/mol. The first kappa shape index (κ1) is 13.2. The van der Waals surface area contributed by atoms with E-state index in [9.17, 15) is 4.79 Å². The van der Waals surface area contributed by atoms with E-state index in [0.717, 1.165) is 11.3 Å². The van der Waals surface area contributed by atoms with E-state index in [0.29, 0.717) is 21.4 Å². The molecule has 2 rings (SSSR count). The zero-order valence-corrected chi connectivity index (χ0v) is 11.4. The summed E-state index contributed by atoms with van der Waals surface area (Å²) in [5.41, 5.74) is 0.715. The molecule has 94 valence electrons. The molecule has 0 aliphatic carbocycles. The number of hydrogen-bond donors (Lipinski definition) is 1. The zero-order chi connectivity index (χ0) is 13.1. The van der Waals surface area contributed by atoms with Crippen LogP contribution in [0.3, 0.4) is 0 Å². The van der Waals surface area contributed by atoms with Gasteiger partial charge < -0.3 is 9.84 Å². The summed E-state index contributed by atoms with van der Waals surface area (Å²) in [5, 5.41) is 11.7. The Morgan fingerprint density at radius 1 is 1.33 bits per heavy atom.